The van der Waals surface area contributed by atoms with Gasteiger partial charge in [-0.05, 0) is 26.8 Å². The summed E-state index contributed by atoms with van der Waals surface area (Å²) in [4.78, 5) is 88.4. The van der Waals surface area contributed by atoms with E-state index in [1.807, 2.05) is 6.92 Å². The number of aromatic nitrogens is 3. The highest BCUT2D eigenvalue weighted by Crippen LogP contribution is 2.49. The number of carbonyl (C=O) groups excluding carboxylic acids is 2. The van der Waals surface area contributed by atoms with Crippen molar-refractivity contribution in [2.24, 2.45) is 10.6 Å². The molecule has 0 saturated carbocycles. The van der Waals surface area contributed by atoms with E-state index in [0.717, 1.165) is 17.4 Å². The number of aromatic hydroxyl groups is 2. The van der Waals surface area contributed by atoms with E-state index in [-0.39, 0.29) is 44.5 Å². The molecule has 5 aliphatic rings. The topological polar surface area (TPSA) is 280 Å². The first-order valence-corrected chi connectivity index (χ1v) is 19.7. The van der Waals surface area contributed by atoms with Gasteiger partial charge in [0.2, 0.25) is 5.60 Å². The lowest BCUT2D eigenvalue weighted by Gasteiger charge is -2.56. The predicted molar refractivity (Wildman–Crippen MR) is 203 cm³/mol. The number of phenols is 2. The first-order chi connectivity index (χ1) is 26.3. The predicted octanol–water partition coefficient (Wildman–Crippen LogP) is 1.20. The molecule has 4 saturated heterocycles. The summed E-state index contributed by atoms with van der Waals surface area (Å²) in [6, 6.07) is -0.135. The number of hydrogen-bond donors (Lipinski definition) is 7. The molecule has 2 amide bonds. The number of halogens is 1. The Morgan fingerprint density at radius 2 is 1.84 bits per heavy atom. The third kappa shape index (κ3) is 6.54. The number of oxime groups is 1. The summed E-state index contributed by atoms with van der Waals surface area (Å²) in [5.74, 6) is -5.46. The zero-order chi connectivity index (χ0) is 40.6. The van der Waals surface area contributed by atoms with Crippen molar-refractivity contribution in [3.8, 4) is 11.5 Å². The van der Waals surface area contributed by atoms with Gasteiger partial charge in [-0.25, -0.2) is 19.3 Å². The number of nitrogen functional groups attached to an aromatic ring is 1. The number of amides is 2. The van der Waals surface area contributed by atoms with Gasteiger partial charge in [-0.3, -0.25) is 29.2 Å². The number of carboxylic acids is 2. The Kier molecular flexibility index (Phi) is 9.65. The van der Waals surface area contributed by atoms with Crippen LogP contribution in [-0.2, 0) is 30.6 Å². The van der Waals surface area contributed by atoms with Crippen LogP contribution in [-0.4, -0.2) is 122 Å². The number of phenolic OH excluding ortho intramolecular Hbond substituents is 2. The van der Waals surface area contributed by atoms with E-state index in [1.54, 1.807) is 0 Å². The summed E-state index contributed by atoms with van der Waals surface area (Å²) in [5.41, 5.74) is 2.38. The van der Waals surface area contributed by atoms with E-state index in [0.29, 0.717) is 55.5 Å². The van der Waals surface area contributed by atoms with Gasteiger partial charge in [0.05, 0.1) is 35.4 Å². The van der Waals surface area contributed by atoms with Gasteiger partial charge in [0, 0.05) is 47.4 Å². The number of nitrogens with zero attached hydrogens (tertiary/aromatic N) is 5. The molecule has 298 valence electrons. The molecule has 4 fully saturated rings. The second kappa shape index (κ2) is 13.8. The molecule has 3 atom stereocenters. The third-order valence-electron chi connectivity index (χ3n) is 11.3. The Bertz CT molecular complexity index is 2380. The van der Waals surface area contributed by atoms with Crippen LogP contribution in [0.5, 0.6) is 11.5 Å². The highest BCUT2D eigenvalue weighted by molar-refractivity contribution is 8.00. The summed E-state index contributed by atoms with van der Waals surface area (Å²) in [7, 11) is 0. The number of carbonyl (C=O) groups is 4. The molecule has 2 bridgehead atoms. The van der Waals surface area contributed by atoms with Crippen molar-refractivity contribution >= 4 is 80.1 Å². The molecule has 2 aromatic heterocycles. The van der Waals surface area contributed by atoms with E-state index in [4.69, 9.17) is 22.2 Å². The summed E-state index contributed by atoms with van der Waals surface area (Å²) >= 11 is 8.53. The number of rotatable bonds is 11. The molecule has 1 aromatic carbocycles. The molecule has 3 aromatic rings. The van der Waals surface area contributed by atoms with Gasteiger partial charge in [-0.1, -0.05) is 16.8 Å². The normalized spacial score (nSPS) is 26.2. The van der Waals surface area contributed by atoms with Crippen LogP contribution in [0.15, 0.2) is 37.5 Å². The largest absolute Gasteiger partial charge is 0.504 e. The van der Waals surface area contributed by atoms with Gasteiger partial charge in [0.15, 0.2) is 22.3 Å². The zero-order valence-electron chi connectivity index (χ0n) is 30.2. The average molecular weight is 834 g/mol. The van der Waals surface area contributed by atoms with Gasteiger partial charge in [-0.15, -0.1) is 23.1 Å². The van der Waals surface area contributed by atoms with Gasteiger partial charge in [-0.2, -0.15) is 0 Å². The molecule has 0 radical (unpaired) electrons. The second-order valence-electron chi connectivity index (χ2n) is 15.2. The standard InChI is InChI=1S/C34H37ClN8O11S2/c1-14-16(11-43-7-4-34(5-8-43,6-9-43)13-41-27(48)19-15(25(46)39-41)10-18(44)24(45)20(19)35)23(30(50)51)42-28(49)22(29(42)56-14)38-26(47)21(17-12-55-32(36)37-17)40-54-33(2,3)31(52)53/h10,12,14,22,29H,4-9,11,13H2,1-3H3,(H7-,36,37,38,39,40,44,45,46,47,48,50,51,52,53)/p+1/t14-,22+,29+,34?,43?/m0/s1. The number of β-lactam (4-membered cyclic amide) rings is 1. The molecule has 8 rings (SSSR count). The molecule has 8 N–H and O–H groups in total. The van der Waals surface area contributed by atoms with Gasteiger partial charge < -0.3 is 40.8 Å². The molecule has 22 heteroatoms. The summed E-state index contributed by atoms with van der Waals surface area (Å²) in [6.07, 6.45) is 1.98. The number of nitrogens with one attached hydrogen (secondary N) is 2. The number of nitrogens with two attached hydrogens (primary N) is 1. The Morgan fingerprint density at radius 3 is 2.43 bits per heavy atom. The number of H-pyrrole nitrogens is 1. The first-order valence-electron chi connectivity index (χ1n) is 17.5. The molecule has 19 nitrogen and oxygen atoms in total. The average Bonchev–Trinajstić information content (AvgIpc) is 3.58. The quantitative estimate of drug-likeness (QED) is 0.0470. The van der Waals surface area contributed by atoms with Crippen LogP contribution in [0.1, 0.15) is 45.7 Å². The minimum Gasteiger partial charge on any atom is -0.504 e. The van der Waals surface area contributed by atoms with Crippen molar-refractivity contribution in [2.75, 3.05) is 31.9 Å². The number of piperidine rings is 3. The maximum absolute atomic E-state index is 13.6. The number of fused-ring (bicyclic) bond motifs is 5. The number of aliphatic carboxylic acids is 2. The Hall–Kier alpha value is -5.12. The molecule has 0 aliphatic carbocycles. The lowest BCUT2D eigenvalue weighted by atomic mass is 9.70. The molecule has 0 spiro atoms. The van der Waals surface area contributed by atoms with Crippen molar-refractivity contribution in [3.63, 3.8) is 0 Å². The van der Waals surface area contributed by atoms with Crippen LogP contribution < -0.4 is 22.2 Å². The number of hydrogen-bond acceptors (Lipinski definition) is 14. The molecule has 56 heavy (non-hydrogen) atoms. The molecular formula is C34H38ClN8O11S2+. The molecule has 7 heterocycles. The maximum Gasteiger partial charge on any atom is 0.352 e. The Morgan fingerprint density at radius 1 is 1.18 bits per heavy atom. The molecule has 5 aliphatic heterocycles. The van der Waals surface area contributed by atoms with E-state index in [9.17, 15) is 49.2 Å². The van der Waals surface area contributed by atoms with E-state index in [1.165, 1.54) is 40.6 Å². The van der Waals surface area contributed by atoms with Crippen molar-refractivity contribution in [1.82, 2.24) is 25.0 Å². The first kappa shape index (κ1) is 39.1. The van der Waals surface area contributed by atoms with E-state index in [2.05, 4.69) is 20.6 Å². The van der Waals surface area contributed by atoms with Crippen LogP contribution in [0.3, 0.4) is 0 Å². The summed E-state index contributed by atoms with van der Waals surface area (Å²) in [6.45, 7) is 6.83. The number of thiazole rings is 1. The van der Waals surface area contributed by atoms with Gasteiger partial charge in [0.25, 0.3) is 22.9 Å². The van der Waals surface area contributed by atoms with Crippen LogP contribution in [0.4, 0.5) is 5.13 Å². The van der Waals surface area contributed by atoms with Crippen LogP contribution in [0.25, 0.3) is 10.8 Å². The fraction of sp³-hybridized carbons (Fsp3) is 0.471. The number of benzene rings is 1. The van der Waals surface area contributed by atoms with Crippen molar-refractivity contribution in [3.05, 3.63) is 54.1 Å². The van der Waals surface area contributed by atoms with Gasteiger partial charge >= 0.3 is 11.9 Å². The Balaban J connectivity index is 1.08. The van der Waals surface area contributed by atoms with E-state index >= 15 is 0 Å². The van der Waals surface area contributed by atoms with Crippen molar-refractivity contribution in [1.29, 1.82) is 0 Å². The van der Waals surface area contributed by atoms with Gasteiger partial charge in [0.1, 0.15) is 29.4 Å². The van der Waals surface area contributed by atoms with Crippen LogP contribution in [0.2, 0.25) is 5.02 Å². The maximum atomic E-state index is 13.6. The zero-order valence-corrected chi connectivity index (χ0v) is 32.6. The fourth-order valence-electron chi connectivity index (χ4n) is 7.86. The summed E-state index contributed by atoms with van der Waals surface area (Å²) < 4.78 is 1.77. The SMILES string of the molecule is C[C@@H]1S[C@@H]2[C@H](NC(=O)/C(=N\OC(C)(C)C(=O)O)c3csc(N)n3)C(=O)N2C(C(=O)O)=C1C[N+]12CCC(Cn3[nH]c(=O)c4cc(O)c(O)c(Cl)c4c3=O)(CC1)CC2. The highest BCUT2D eigenvalue weighted by atomic mass is 35.5. The minimum atomic E-state index is -1.80. The van der Waals surface area contributed by atoms with E-state index < -0.39 is 74.1 Å². The van der Waals surface area contributed by atoms with Crippen molar-refractivity contribution in [2.45, 2.75) is 68.8 Å². The molecular weight excluding hydrogens is 796 g/mol. The number of carboxylic acid groups (broad SMARTS) is 2. The van der Waals surface area contributed by atoms with Crippen LogP contribution in [0, 0.1) is 5.41 Å². The smallest absolute Gasteiger partial charge is 0.352 e. The number of quaternary nitrogens is 1. The highest BCUT2D eigenvalue weighted by Gasteiger charge is 2.58. The lowest BCUT2D eigenvalue weighted by molar-refractivity contribution is -0.941. The number of aromatic amines is 1. The minimum absolute atomic E-state index is 0.00246. The van der Waals surface area contributed by atoms with Crippen molar-refractivity contribution < 1.29 is 48.9 Å². The Labute approximate surface area is 329 Å². The van der Waals surface area contributed by atoms with Crippen LogP contribution >= 0.6 is 34.7 Å². The third-order valence-corrected chi connectivity index (χ3v) is 13.8. The molecule has 0 unspecified atom stereocenters. The summed E-state index contributed by atoms with van der Waals surface area (Å²) in [5, 5.41) is 48.6. The monoisotopic (exact) mass is 833 g/mol. The second-order valence-corrected chi connectivity index (χ2v) is 17.9. The number of thioether (sulfide) groups is 1. The fourth-order valence-corrected chi connectivity index (χ4v) is 10.1. The number of anilines is 1. The lowest BCUT2D eigenvalue weighted by Crippen LogP contribution is -2.72.